The fourth-order valence-electron chi connectivity index (χ4n) is 3.20. The highest BCUT2D eigenvalue weighted by Gasteiger charge is 2.35. The van der Waals surface area contributed by atoms with Crippen LogP contribution in [0.4, 0.5) is 5.69 Å². The average molecular weight is 355 g/mol. The van der Waals surface area contributed by atoms with Gasteiger partial charge in [-0.15, -0.1) is 0 Å². The van der Waals surface area contributed by atoms with E-state index >= 15 is 0 Å². The number of hydrogen-bond donors (Lipinski definition) is 1. The molecule has 1 heterocycles. The number of benzene rings is 1. The quantitative estimate of drug-likeness (QED) is 0.762. The molecule has 1 aliphatic carbocycles. The van der Waals surface area contributed by atoms with E-state index < -0.39 is 0 Å². The van der Waals surface area contributed by atoms with E-state index in [-0.39, 0.29) is 23.7 Å². The Balaban J connectivity index is 1.46. The number of hydrogen-bond acceptors (Lipinski definition) is 4. The van der Waals surface area contributed by atoms with Crippen molar-refractivity contribution < 1.29 is 14.3 Å². The molecule has 2 fully saturated rings. The zero-order chi connectivity index (χ0) is 18.4. The van der Waals surface area contributed by atoms with E-state index in [1.165, 1.54) is 0 Å². The summed E-state index contributed by atoms with van der Waals surface area (Å²) in [7, 11) is 0. The molecule has 0 atom stereocenters. The number of rotatable bonds is 7. The van der Waals surface area contributed by atoms with E-state index in [0.29, 0.717) is 56.8 Å². The molecule has 2 aliphatic rings. The van der Waals surface area contributed by atoms with Gasteiger partial charge < -0.3 is 15.0 Å². The van der Waals surface area contributed by atoms with Crippen LogP contribution in [-0.2, 0) is 9.59 Å². The zero-order valence-electron chi connectivity index (χ0n) is 14.9. The normalized spacial score (nSPS) is 17.4. The number of carbonyl (C=O) groups excluding carboxylic acids is 2. The van der Waals surface area contributed by atoms with E-state index in [1.807, 2.05) is 23.1 Å². The van der Waals surface area contributed by atoms with Gasteiger partial charge in [-0.25, -0.2) is 0 Å². The van der Waals surface area contributed by atoms with Crippen LogP contribution in [0.1, 0.15) is 38.5 Å². The number of carbonyl (C=O) groups is 2. The van der Waals surface area contributed by atoms with Gasteiger partial charge in [0.25, 0.3) is 0 Å². The van der Waals surface area contributed by atoms with Crippen molar-refractivity contribution in [1.82, 2.24) is 4.90 Å². The van der Waals surface area contributed by atoms with Gasteiger partial charge in [0.15, 0.2) is 0 Å². The molecule has 6 nitrogen and oxygen atoms in total. The maximum atomic E-state index is 12.5. The van der Waals surface area contributed by atoms with Crippen LogP contribution in [0.25, 0.3) is 0 Å². The molecule has 0 bridgehead atoms. The Bertz CT molecular complexity index is 686. The molecule has 3 rings (SSSR count). The first-order valence-electron chi connectivity index (χ1n) is 9.37. The molecule has 1 N–H and O–H groups in total. The third-order valence-electron chi connectivity index (χ3n) is 4.91. The minimum Gasteiger partial charge on any atom is -0.493 e. The first-order chi connectivity index (χ1) is 12.7. The molecule has 0 spiro atoms. The topological polar surface area (TPSA) is 82.4 Å². The molecule has 1 aromatic rings. The summed E-state index contributed by atoms with van der Waals surface area (Å²) in [5.74, 6) is 1.15. The van der Waals surface area contributed by atoms with Crippen molar-refractivity contribution in [2.45, 2.75) is 38.5 Å². The van der Waals surface area contributed by atoms with Gasteiger partial charge in [-0.2, -0.15) is 5.26 Å². The summed E-state index contributed by atoms with van der Waals surface area (Å²) in [6.07, 6.45) is 4.63. The van der Waals surface area contributed by atoms with Crippen LogP contribution in [0.5, 0.6) is 5.75 Å². The van der Waals surface area contributed by atoms with E-state index in [0.717, 1.165) is 12.8 Å². The Morgan fingerprint density at radius 3 is 2.65 bits per heavy atom. The molecule has 0 unspecified atom stereocenters. The first kappa shape index (κ1) is 18.2. The van der Waals surface area contributed by atoms with Gasteiger partial charge >= 0.3 is 0 Å². The highest BCUT2D eigenvalue weighted by molar-refractivity contribution is 5.93. The molecule has 6 heteroatoms. The molecule has 0 aromatic heterocycles. The van der Waals surface area contributed by atoms with E-state index in [9.17, 15) is 9.59 Å². The standard InChI is InChI=1S/C20H25N3O3/c21-10-1-2-13-26-18-5-3-4-17(14-18)22-19(24)15-8-11-23(12-9-15)20(25)16-6-7-16/h3-5,14-16H,1-2,6-9,11-13H2,(H,22,24). The molecular formula is C20H25N3O3. The SMILES string of the molecule is N#CCCCOc1cccc(NC(=O)C2CCN(C(=O)C3CC3)CC2)c1. The van der Waals surface area contributed by atoms with Crippen molar-refractivity contribution in [1.29, 1.82) is 5.26 Å². The lowest BCUT2D eigenvalue weighted by atomic mass is 9.95. The zero-order valence-corrected chi connectivity index (χ0v) is 14.9. The summed E-state index contributed by atoms with van der Waals surface area (Å²) in [5.41, 5.74) is 0.712. The molecule has 2 amide bonds. The van der Waals surface area contributed by atoms with Gasteiger partial charge in [-0.1, -0.05) is 6.07 Å². The second-order valence-electron chi connectivity index (χ2n) is 7.00. The van der Waals surface area contributed by atoms with Gasteiger partial charge in [0.1, 0.15) is 5.75 Å². The van der Waals surface area contributed by atoms with Crippen molar-refractivity contribution >= 4 is 17.5 Å². The lowest BCUT2D eigenvalue weighted by Crippen LogP contribution is -2.42. The Labute approximate surface area is 154 Å². The van der Waals surface area contributed by atoms with Crippen LogP contribution in [0.2, 0.25) is 0 Å². The fraction of sp³-hybridized carbons (Fsp3) is 0.550. The number of ether oxygens (including phenoxy) is 1. The third kappa shape index (κ3) is 4.98. The summed E-state index contributed by atoms with van der Waals surface area (Å²) in [6.45, 7) is 1.84. The molecule has 138 valence electrons. The summed E-state index contributed by atoms with van der Waals surface area (Å²) in [4.78, 5) is 26.5. The minimum atomic E-state index is -0.0570. The van der Waals surface area contributed by atoms with Gasteiger partial charge in [-0.05, 0) is 44.2 Å². The number of likely N-dealkylation sites (tertiary alicyclic amines) is 1. The first-order valence-corrected chi connectivity index (χ1v) is 9.37. The van der Waals surface area contributed by atoms with Crippen molar-refractivity contribution in [3.05, 3.63) is 24.3 Å². The van der Waals surface area contributed by atoms with Crippen molar-refractivity contribution in [2.75, 3.05) is 25.0 Å². The highest BCUT2D eigenvalue weighted by Crippen LogP contribution is 2.32. The summed E-state index contributed by atoms with van der Waals surface area (Å²) < 4.78 is 5.60. The monoisotopic (exact) mass is 355 g/mol. The maximum Gasteiger partial charge on any atom is 0.227 e. The maximum absolute atomic E-state index is 12.5. The number of nitrogens with one attached hydrogen (secondary N) is 1. The lowest BCUT2D eigenvalue weighted by molar-refractivity contribution is -0.135. The van der Waals surface area contributed by atoms with Crippen LogP contribution in [0.15, 0.2) is 24.3 Å². The Morgan fingerprint density at radius 1 is 1.19 bits per heavy atom. The number of anilines is 1. The van der Waals surface area contributed by atoms with Crippen molar-refractivity contribution in [3.63, 3.8) is 0 Å². The van der Waals surface area contributed by atoms with Crippen molar-refractivity contribution in [3.8, 4) is 11.8 Å². The largest absolute Gasteiger partial charge is 0.493 e. The van der Waals surface area contributed by atoms with Crippen LogP contribution in [0.3, 0.4) is 0 Å². The lowest BCUT2D eigenvalue weighted by Gasteiger charge is -2.31. The van der Waals surface area contributed by atoms with E-state index in [2.05, 4.69) is 11.4 Å². The smallest absolute Gasteiger partial charge is 0.227 e. The van der Waals surface area contributed by atoms with Crippen LogP contribution in [0, 0.1) is 23.2 Å². The van der Waals surface area contributed by atoms with E-state index in [1.54, 1.807) is 6.07 Å². The number of unbranched alkanes of at least 4 members (excludes halogenated alkanes) is 1. The Hall–Kier alpha value is -2.55. The molecule has 1 aromatic carbocycles. The second kappa shape index (κ2) is 8.70. The number of nitriles is 1. The molecule has 26 heavy (non-hydrogen) atoms. The molecule has 1 saturated carbocycles. The van der Waals surface area contributed by atoms with Crippen LogP contribution in [-0.4, -0.2) is 36.4 Å². The molecule has 1 aliphatic heterocycles. The molecule has 0 radical (unpaired) electrons. The number of nitrogens with zero attached hydrogens (tertiary/aromatic N) is 2. The van der Waals surface area contributed by atoms with Gasteiger partial charge in [0, 0.05) is 43.1 Å². The third-order valence-corrected chi connectivity index (χ3v) is 4.91. The second-order valence-corrected chi connectivity index (χ2v) is 7.00. The Kier molecular flexibility index (Phi) is 6.11. The Morgan fingerprint density at radius 2 is 1.96 bits per heavy atom. The van der Waals surface area contributed by atoms with E-state index in [4.69, 9.17) is 10.00 Å². The van der Waals surface area contributed by atoms with Gasteiger partial charge in [-0.3, -0.25) is 9.59 Å². The number of amides is 2. The molecular weight excluding hydrogens is 330 g/mol. The predicted octanol–water partition coefficient (Wildman–Crippen LogP) is 2.96. The van der Waals surface area contributed by atoms with Crippen molar-refractivity contribution in [2.24, 2.45) is 11.8 Å². The minimum absolute atomic E-state index is 0.00477. The van der Waals surface area contributed by atoms with Crippen LogP contribution < -0.4 is 10.1 Å². The predicted molar refractivity (Wildman–Crippen MR) is 97.4 cm³/mol. The van der Waals surface area contributed by atoms with Gasteiger partial charge in [0.2, 0.25) is 11.8 Å². The molecule has 1 saturated heterocycles. The van der Waals surface area contributed by atoms with Crippen LogP contribution >= 0.6 is 0 Å². The highest BCUT2D eigenvalue weighted by atomic mass is 16.5. The fourth-order valence-corrected chi connectivity index (χ4v) is 3.20. The summed E-state index contributed by atoms with van der Waals surface area (Å²) >= 11 is 0. The van der Waals surface area contributed by atoms with Gasteiger partial charge in [0.05, 0.1) is 12.7 Å². The number of piperidine rings is 1. The summed E-state index contributed by atoms with van der Waals surface area (Å²) in [5, 5.41) is 11.5. The summed E-state index contributed by atoms with van der Waals surface area (Å²) in [6, 6.07) is 9.40. The average Bonchev–Trinajstić information content (AvgIpc) is 3.50.